The summed E-state index contributed by atoms with van der Waals surface area (Å²) < 4.78 is 11.5. The van der Waals surface area contributed by atoms with Crippen LogP contribution in [0.2, 0.25) is 0 Å². The van der Waals surface area contributed by atoms with Crippen LogP contribution in [0, 0.1) is 0 Å². The van der Waals surface area contributed by atoms with Gasteiger partial charge in [-0.1, -0.05) is 50.2 Å². The molecule has 0 aliphatic heterocycles. The maximum atomic E-state index is 5.84. The van der Waals surface area contributed by atoms with Gasteiger partial charge >= 0.3 is 0 Å². The second kappa shape index (κ2) is 6.43. The zero-order chi connectivity index (χ0) is 15.4. The van der Waals surface area contributed by atoms with Crippen molar-refractivity contribution in [2.45, 2.75) is 26.4 Å². The van der Waals surface area contributed by atoms with Crippen LogP contribution in [-0.2, 0) is 6.61 Å². The summed E-state index contributed by atoms with van der Waals surface area (Å²) in [6.45, 7) is 4.55. The van der Waals surface area contributed by atoms with Gasteiger partial charge in [-0.3, -0.25) is 0 Å². The molecule has 3 aromatic rings. The summed E-state index contributed by atoms with van der Waals surface area (Å²) in [6.07, 6.45) is 0. The Morgan fingerprint density at radius 1 is 0.955 bits per heavy atom. The molecule has 22 heavy (non-hydrogen) atoms. The van der Waals surface area contributed by atoms with Crippen molar-refractivity contribution >= 4 is 0 Å². The summed E-state index contributed by atoms with van der Waals surface area (Å²) in [5.41, 5.74) is 2.08. The minimum Gasteiger partial charge on any atom is -0.484 e. The van der Waals surface area contributed by atoms with Crippen molar-refractivity contribution in [1.29, 1.82) is 0 Å². The zero-order valence-corrected chi connectivity index (χ0v) is 12.7. The number of para-hydroxylation sites is 1. The number of hydrogen-bond donors (Lipinski definition) is 0. The lowest BCUT2D eigenvalue weighted by atomic mass is 10.0. The van der Waals surface area contributed by atoms with Gasteiger partial charge in [0, 0.05) is 5.56 Å². The van der Waals surface area contributed by atoms with Gasteiger partial charge in [-0.05, 0) is 29.7 Å². The van der Waals surface area contributed by atoms with Gasteiger partial charge in [0.2, 0.25) is 5.89 Å². The first kappa shape index (κ1) is 14.3. The molecular weight excluding hydrogens is 276 g/mol. The topological polar surface area (TPSA) is 48.2 Å². The molecule has 2 aromatic carbocycles. The zero-order valence-electron chi connectivity index (χ0n) is 12.7. The van der Waals surface area contributed by atoms with Crippen molar-refractivity contribution < 1.29 is 9.15 Å². The van der Waals surface area contributed by atoms with Gasteiger partial charge in [0.25, 0.3) is 5.89 Å². The van der Waals surface area contributed by atoms with Crippen molar-refractivity contribution in [2.75, 3.05) is 0 Å². The fourth-order valence-corrected chi connectivity index (χ4v) is 2.24. The fourth-order valence-electron chi connectivity index (χ4n) is 2.24. The van der Waals surface area contributed by atoms with Crippen LogP contribution >= 0.6 is 0 Å². The molecule has 0 spiro atoms. The molecule has 0 aliphatic rings. The van der Waals surface area contributed by atoms with Crippen LogP contribution in [0.1, 0.15) is 31.2 Å². The lowest BCUT2D eigenvalue weighted by Gasteiger charge is -2.12. The highest BCUT2D eigenvalue weighted by Crippen LogP contribution is 2.26. The molecule has 0 atom stereocenters. The summed E-state index contributed by atoms with van der Waals surface area (Å²) in [7, 11) is 0. The Labute approximate surface area is 129 Å². The summed E-state index contributed by atoms with van der Waals surface area (Å²) >= 11 is 0. The Bertz CT molecular complexity index is 736. The highest BCUT2D eigenvalue weighted by molar-refractivity contribution is 5.51. The maximum absolute atomic E-state index is 5.84. The molecule has 0 N–H and O–H groups in total. The Kier molecular flexibility index (Phi) is 4.19. The molecule has 112 valence electrons. The molecule has 0 fully saturated rings. The fraction of sp³-hybridized carbons (Fsp3) is 0.222. The Hall–Kier alpha value is -2.62. The van der Waals surface area contributed by atoms with Crippen LogP contribution in [0.5, 0.6) is 5.75 Å². The van der Waals surface area contributed by atoms with Gasteiger partial charge in [0.1, 0.15) is 5.75 Å². The van der Waals surface area contributed by atoms with E-state index in [9.17, 15) is 0 Å². The minimum atomic E-state index is 0.267. The Balaban J connectivity index is 1.72. The van der Waals surface area contributed by atoms with Gasteiger partial charge in [-0.2, -0.15) is 0 Å². The first-order chi connectivity index (χ1) is 10.7. The molecule has 0 bridgehead atoms. The first-order valence-corrected chi connectivity index (χ1v) is 7.33. The van der Waals surface area contributed by atoms with Gasteiger partial charge < -0.3 is 9.15 Å². The summed E-state index contributed by atoms with van der Waals surface area (Å²) in [4.78, 5) is 0. The Morgan fingerprint density at radius 2 is 1.68 bits per heavy atom. The average molecular weight is 294 g/mol. The van der Waals surface area contributed by atoms with Gasteiger partial charge in [-0.15, -0.1) is 10.2 Å². The lowest BCUT2D eigenvalue weighted by Crippen LogP contribution is -1.99. The molecule has 4 nitrogen and oxygen atoms in total. The molecule has 1 heterocycles. The van der Waals surface area contributed by atoms with Gasteiger partial charge in [0.05, 0.1) is 0 Å². The van der Waals surface area contributed by atoms with E-state index in [1.54, 1.807) is 0 Å². The Morgan fingerprint density at radius 3 is 2.45 bits per heavy atom. The van der Waals surface area contributed by atoms with Crippen molar-refractivity contribution in [3.8, 4) is 17.2 Å². The summed E-state index contributed by atoms with van der Waals surface area (Å²) in [6, 6.07) is 17.7. The van der Waals surface area contributed by atoms with E-state index in [-0.39, 0.29) is 6.61 Å². The van der Waals surface area contributed by atoms with Crippen LogP contribution in [0.4, 0.5) is 0 Å². The highest BCUT2D eigenvalue weighted by Gasteiger charge is 2.11. The molecule has 0 saturated heterocycles. The number of aromatic nitrogens is 2. The standard InChI is InChI=1S/C18H18N2O2/c1-13(2)15-10-6-7-11-16(15)21-12-17-19-20-18(22-17)14-8-4-3-5-9-14/h3-11,13H,12H2,1-2H3. The average Bonchev–Trinajstić information content (AvgIpc) is 3.03. The molecule has 0 saturated carbocycles. The highest BCUT2D eigenvalue weighted by atomic mass is 16.5. The first-order valence-electron chi connectivity index (χ1n) is 7.33. The second-order valence-electron chi connectivity index (χ2n) is 5.35. The SMILES string of the molecule is CC(C)c1ccccc1OCc1nnc(-c2ccccc2)o1. The quantitative estimate of drug-likeness (QED) is 0.698. The maximum Gasteiger partial charge on any atom is 0.254 e. The monoisotopic (exact) mass is 294 g/mol. The largest absolute Gasteiger partial charge is 0.484 e. The lowest BCUT2D eigenvalue weighted by molar-refractivity contribution is 0.261. The van der Waals surface area contributed by atoms with E-state index in [0.29, 0.717) is 17.7 Å². The molecule has 0 unspecified atom stereocenters. The van der Waals surface area contributed by atoms with Crippen molar-refractivity contribution in [3.05, 3.63) is 66.1 Å². The van der Waals surface area contributed by atoms with Crippen LogP contribution in [0.25, 0.3) is 11.5 Å². The van der Waals surface area contributed by atoms with Crippen LogP contribution in [0.15, 0.2) is 59.0 Å². The number of benzene rings is 2. The van der Waals surface area contributed by atoms with E-state index >= 15 is 0 Å². The molecular formula is C18H18N2O2. The van der Waals surface area contributed by atoms with E-state index in [2.05, 4.69) is 30.1 Å². The molecule has 0 radical (unpaired) electrons. The van der Waals surface area contributed by atoms with E-state index in [1.165, 1.54) is 5.56 Å². The number of hydrogen-bond acceptors (Lipinski definition) is 4. The van der Waals surface area contributed by atoms with E-state index in [0.717, 1.165) is 11.3 Å². The molecule has 0 amide bonds. The summed E-state index contributed by atoms with van der Waals surface area (Å²) in [5, 5.41) is 8.10. The predicted octanol–water partition coefficient (Wildman–Crippen LogP) is 4.44. The number of ether oxygens (including phenoxy) is 1. The van der Waals surface area contributed by atoms with Crippen LogP contribution in [0.3, 0.4) is 0 Å². The molecule has 0 aliphatic carbocycles. The third-order valence-electron chi connectivity index (χ3n) is 3.38. The molecule has 3 rings (SSSR count). The van der Waals surface area contributed by atoms with Crippen molar-refractivity contribution in [3.63, 3.8) is 0 Å². The van der Waals surface area contributed by atoms with E-state index in [1.807, 2.05) is 48.5 Å². The number of nitrogens with zero attached hydrogens (tertiary/aromatic N) is 2. The smallest absolute Gasteiger partial charge is 0.254 e. The minimum absolute atomic E-state index is 0.267. The summed E-state index contributed by atoms with van der Waals surface area (Å²) in [5.74, 6) is 2.24. The second-order valence-corrected chi connectivity index (χ2v) is 5.35. The van der Waals surface area contributed by atoms with Crippen molar-refractivity contribution in [2.24, 2.45) is 0 Å². The number of rotatable bonds is 5. The van der Waals surface area contributed by atoms with Crippen LogP contribution < -0.4 is 4.74 Å². The van der Waals surface area contributed by atoms with Crippen LogP contribution in [-0.4, -0.2) is 10.2 Å². The predicted molar refractivity (Wildman–Crippen MR) is 84.6 cm³/mol. The molecule has 4 heteroatoms. The van der Waals surface area contributed by atoms with Gasteiger partial charge in [0.15, 0.2) is 6.61 Å². The van der Waals surface area contributed by atoms with E-state index < -0.39 is 0 Å². The van der Waals surface area contributed by atoms with Crippen molar-refractivity contribution in [1.82, 2.24) is 10.2 Å². The van der Waals surface area contributed by atoms with Gasteiger partial charge in [-0.25, -0.2) is 0 Å². The normalized spacial score (nSPS) is 10.9. The third-order valence-corrected chi connectivity index (χ3v) is 3.38. The van der Waals surface area contributed by atoms with E-state index in [4.69, 9.17) is 9.15 Å². The molecule has 1 aromatic heterocycles. The third kappa shape index (κ3) is 3.17.